The van der Waals surface area contributed by atoms with Crippen molar-refractivity contribution in [2.75, 3.05) is 5.73 Å². The molecule has 1 aromatic heterocycles. The van der Waals surface area contributed by atoms with E-state index in [2.05, 4.69) is 11.1 Å². The van der Waals surface area contributed by atoms with E-state index >= 15 is 0 Å². The van der Waals surface area contributed by atoms with Crippen LogP contribution in [-0.2, 0) is 11.2 Å². The second-order valence-electron chi connectivity index (χ2n) is 5.31. The number of amidine groups is 1. The molecule has 2 rings (SSSR count). The van der Waals surface area contributed by atoms with Crippen molar-refractivity contribution in [3.63, 3.8) is 0 Å². The van der Waals surface area contributed by atoms with Gasteiger partial charge in [-0.2, -0.15) is 10.3 Å². The van der Waals surface area contributed by atoms with Gasteiger partial charge in [-0.15, -0.1) is 11.3 Å². The van der Waals surface area contributed by atoms with E-state index < -0.39 is 5.92 Å². The van der Waals surface area contributed by atoms with Gasteiger partial charge in [0.2, 0.25) is 0 Å². The first-order valence-electron chi connectivity index (χ1n) is 7.60. The van der Waals surface area contributed by atoms with Crippen LogP contribution in [0.3, 0.4) is 0 Å². The summed E-state index contributed by atoms with van der Waals surface area (Å²) in [5.74, 6) is -0.549. The van der Waals surface area contributed by atoms with Crippen molar-refractivity contribution in [2.45, 2.75) is 38.5 Å². The average Bonchev–Trinajstić information content (AvgIpc) is 2.86. The third kappa shape index (κ3) is 3.88. The Bertz CT molecular complexity index is 722. The van der Waals surface area contributed by atoms with Crippen LogP contribution in [0, 0.1) is 11.3 Å². The number of anilines is 1. The molecule has 0 radical (unpaired) electrons. The highest BCUT2D eigenvalue weighted by atomic mass is 32.1. The molecule has 1 amide bonds. The van der Waals surface area contributed by atoms with Crippen molar-refractivity contribution in [3.8, 4) is 6.07 Å². The Balaban J connectivity index is 2.24. The van der Waals surface area contributed by atoms with E-state index in [0.717, 1.165) is 29.7 Å². The molecule has 5 nitrogen and oxygen atoms in total. The van der Waals surface area contributed by atoms with Crippen molar-refractivity contribution >= 4 is 28.1 Å². The quantitative estimate of drug-likeness (QED) is 0.503. The van der Waals surface area contributed by atoms with Gasteiger partial charge >= 0.3 is 0 Å². The molecule has 120 valence electrons. The molecule has 1 unspecified atom stereocenters. The summed E-state index contributed by atoms with van der Waals surface area (Å²) in [6.07, 6.45) is 10.5. The van der Waals surface area contributed by atoms with Crippen LogP contribution in [0.15, 0.2) is 29.3 Å². The third-order valence-corrected chi connectivity index (χ3v) is 4.79. The minimum atomic E-state index is -0.417. The van der Waals surface area contributed by atoms with Crippen LogP contribution in [0.1, 0.15) is 48.1 Å². The number of amides is 1. The van der Waals surface area contributed by atoms with Crippen molar-refractivity contribution < 1.29 is 4.79 Å². The fraction of sp³-hybridized carbons (Fsp3) is 0.353. The van der Waals surface area contributed by atoms with E-state index in [4.69, 9.17) is 11.5 Å². The summed E-state index contributed by atoms with van der Waals surface area (Å²) in [7, 11) is 0. The molecule has 0 aromatic carbocycles. The first-order valence-corrected chi connectivity index (χ1v) is 8.42. The van der Waals surface area contributed by atoms with Gasteiger partial charge in [0.1, 0.15) is 16.9 Å². The Kier molecular flexibility index (Phi) is 5.72. The Labute approximate surface area is 140 Å². The summed E-state index contributed by atoms with van der Waals surface area (Å²) < 4.78 is 0. The largest absolute Gasteiger partial charge is 0.389 e. The predicted octanol–water partition coefficient (Wildman–Crippen LogP) is 3.03. The number of fused-ring (bicyclic) bond motifs is 1. The van der Waals surface area contributed by atoms with Gasteiger partial charge in [-0.25, -0.2) is 0 Å². The molecular weight excluding hydrogens is 308 g/mol. The van der Waals surface area contributed by atoms with E-state index in [0.29, 0.717) is 17.0 Å². The summed E-state index contributed by atoms with van der Waals surface area (Å²) >= 11 is 1.40. The molecule has 23 heavy (non-hydrogen) atoms. The van der Waals surface area contributed by atoms with Crippen LogP contribution in [0.25, 0.3) is 0 Å². The van der Waals surface area contributed by atoms with Gasteiger partial charge in [-0.1, -0.05) is 25.2 Å². The van der Waals surface area contributed by atoms with Gasteiger partial charge in [0, 0.05) is 4.88 Å². The Hall–Kier alpha value is -2.39. The highest BCUT2D eigenvalue weighted by Crippen LogP contribution is 2.42. The fourth-order valence-electron chi connectivity index (χ4n) is 2.65. The van der Waals surface area contributed by atoms with Gasteiger partial charge in [0.15, 0.2) is 0 Å². The highest BCUT2D eigenvalue weighted by molar-refractivity contribution is 7.16. The summed E-state index contributed by atoms with van der Waals surface area (Å²) in [6.45, 7) is 2.03. The molecule has 0 aliphatic heterocycles. The zero-order valence-electron chi connectivity index (χ0n) is 13.1. The van der Waals surface area contributed by atoms with Crippen molar-refractivity contribution in [1.29, 1.82) is 5.26 Å². The SMILES string of the molecule is CC/C=C/C=CC(N)=NC(=O)C1CCCc2sc(N)c(C#N)c21. The molecule has 1 aromatic rings. The zero-order valence-corrected chi connectivity index (χ0v) is 13.9. The summed E-state index contributed by atoms with van der Waals surface area (Å²) in [5, 5.41) is 9.78. The van der Waals surface area contributed by atoms with Crippen LogP contribution in [0.4, 0.5) is 5.00 Å². The number of carbonyl (C=O) groups is 1. The van der Waals surface area contributed by atoms with Crippen molar-refractivity contribution in [1.82, 2.24) is 0 Å². The van der Waals surface area contributed by atoms with Crippen LogP contribution in [0.2, 0.25) is 0 Å². The normalized spacial score (nSPS) is 18.3. The number of nitrogen functional groups attached to an aromatic ring is 1. The van der Waals surface area contributed by atoms with Gasteiger partial charge in [-0.05, 0) is 37.3 Å². The minimum absolute atomic E-state index is 0.171. The van der Waals surface area contributed by atoms with Crippen molar-refractivity contribution in [2.24, 2.45) is 10.7 Å². The second kappa shape index (κ2) is 7.75. The van der Waals surface area contributed by atoms with E-state index in [1.54, 1.807) is 12.2 Å². The van der Waals surface area contributed by atoms with Crippen molar-refractivity contribution in [3.05, 3.63) is 40.3 Å². The number of aryl methyl sites for hydroxylation is 1. The molecule has 1 aliphatic carbocycles. The molecule has 0 bridgehead atoms. The summed E-state index contributed by atoms with van der Waals surface area (Å²) in [5.41, 5.74) is 12.9. The zero-order chi connectivity index (χ0) is 16.8. The number of aliphatic imine (C=N–C) groups is 1. The van der Waals surface area contributed by atoms with Crippen LogP contribution in [0.5, 0.6) is 0 Å². The molecule has 1 atom stereocenters. The van der Waals surface area contributed by atoms with Crippen LogP contribution in [-0.4, -0.2) is 11.7 Å². The van der Waals surface area contributed by atoms with E-state index in [-0.39, 0.29) is 11.7 Å². The summed E-state index contributed by atoms with van der Waals surface area (Å²) in [4.78, 5) is 17.5. The number of hydrogen-bond acceptors (Lipinski definition) is 4. The maximum Gasteiger partial charge on any atom is 0.255 e. The lowest BCUT2D eigenvalue weighted by Crippen LogP contribution is -2.20. The standard InChI is InChI=1S/C17H20N4OS/c1-2-3-4-5-9-14(19)21-17(22)11-7-6-8-13-15(11)12(10-18)16(20)23-13/h3-5,9,11H,2,6-8,20H2,1H3,(H2,19,21,22)/b4-3+,9-5?. The average molecular weight is 328 g/mol. The smallest absolute Gasteiger partial charge is 0.255 e. The topological polar surface area (TPSA) is 105 Å². The van der Waals surface area contributed by atoms with E-state index in [1.165, 1.54) is 11.3 Å². The van der Waals surface area contributed by atoms with E-state index in [1.807, 2.05) is 19.1 Å². The highest BCUT2D eigenvalue weighted by Gasteiger charge is 2.32. The van der Waals surface area contributed by atoms with Gasteiger partial charge in [-0.3, -0.25) is 4.79 Å². The fourth-order valence-corrected chi connectivity index (χ4v) is 3.77. The number of allylic oxidation sites excluding steroid dienone is 3. The monoisotopic (exact) mass is 328 g/mol. The number of hydrogen-bond donors (Lipinski definition) is 2. The number of rotatable bonds is 4. The van der Waals surface area contributed by atoms with Crippen LogP contribution >= 0.6 is 11.3 Å². The predicted molar refractivity (Wildman–Crippen MR) is 94.3 cm³/mol. The number of carbonyl (C=O) groups excluding carboxylic acids is 1. The van der Waals surface area contributed by atoms with Gasteiger partial charge in [0.05, 0.1) is 11.5 Å². The lowest BCUT2D eigenvalue weighted by Gasteiger charge is -2.19. The molecule has 0 spiro atoms. The number of nitrogens with zero attached hydrogens (tertiary/aromatic N) is 2. The number of nitrogens with two attached hydrogens (primary N) is 2. The first kappa shape index (κ1) is 17.0. The number of nitriles is 1. The van der Waals surface area contributed by atoms with Crippen LogP contribution < -0.4 is 11.5 Å². The number of thiophene rings is 1. The molecule has 0 fully saturated rings. The first-order chi connectivity index (χ1) is 11.1. The third-order valence-electron chi connectivity index (χ3n) is 3.69. The molecular formula is C17H20N4OS. The molecule has 4 N–H and O–H groups in total. The molecule has 1 heterocycles. The molecule has 0 saturated heterocycles. The van der Waals surface area contributed by atoms with Gasteiger partial charge in [0.25, 0.3) is 5.91 Å². The maximum absolute atomic E-state index is 12.5. The molecule has 6 heteroatoms. The van der Waals surface area contributed by atoms with E-state index in [9.17, 15) is 10.1 Å². The second-order valence-corrected chi connectivity index (χ2v) is 6.44. The lowest BCUT2D eigenvalue weighted by molar-refractivity contribution is -0.119. The Morgan fingerprint density at radius 1 is 1.52 bits per heavy atom. The Morgan fingerprint density at radius 2 is 2.30 bits per heavy atom. The molecule has 1 aliphatic rings. The minimum Gasteiger partial charge on any atom is -0.389 e. The maximum atomic E-state index is 12.5. The molecule has 0 saturated carbocycles. The lowest BCUT2D eigenvalue weighted by atomic mass is 9.85. The Morgan fingerprint density at radius 3 is 3.00 bits per heavy atom. The van der Waals surface area contributed by atoms with Gasteiger partial charge < -0.3 is 11.5 Å². The summed E-state index contributed by atoms with van der Waals surface area (Å²) in [6, 6.07) is 2.12.